The first-order valence-electron chi connectivity index (χ1n) is 7.78. The normalized spacial score (nSPS) is 11.1. The third kappa shape index (κ3) is 3.88. The topological polar surface area (TPSA) is 115 Å². The van der Waals surface area contributed by atoms with Crippen LogP contribution in [0.25, 0.3) is 0 Å². The van der Waals surface area contributed by atoms with E-state index < -0.39 is 22.0 Å². The van der Waals surface area contributed by atoms with Gasteiger partial charge in [0, 0.05) is 17.1 Å². The molecule has 0 aliphatic heterocycles. The van der Waals surface area contributed by atoms with Crippen LogP contribution in [0.4, 0.5) is 5.69 Å². The fourth-order valence-electron chi connectivity index (χ4n) is 2.54. The zero-order valence-corrected chi connectivity index (χ0v) is 15.7. The monoisotopic (exact) mass is 380 g/mol. The molecule has 1 aromatic carbocycles. The molecule has 0 amide bonds. The van der Waals surface area contributed by atoms with Gasteiger partial charge in [0.05, 0.1) is 19.3 Å². The summed E-state index contributed by atoms with van der Waals surface area (Å²) in [5, 5.41) is 0. The molecule has 0 bridgehead atoms. The molecule has 140 valence electrons. The zero-order valence-electron chi connectivity index (χ0n) is 14.9. The molecule has 9 heteroatoms. The number of anilines is 1. The highest BCUT2D eigenvalue weighted by Crippen LogP contribution is 2.27. The van der Waals surface area contributed by atoms with Crippen molar-refractivity contribution >= 4 is 27.6 Å². The maximum Gasteiger partial charge on any atom is 0.341 e. The predicted octanol–water partition coefficient (Wildman–Crippen LogP) is 2.40. The molecule has 0 unspecified atom stereocenters. The summed E-state index contributed by atoms with van der Waals surface area (Å²) in [5.74, 6) is -1.24. The van der Waals surface area contributed by atoms with Gasteiger partial charge < -0.3 is 14.5 Å². The summed E-state index contributed by atoms with van der Waals surface area (Å²) in [5.41, 5.74) is 1.23. The molecular formula is C17H20N2O6S. The second-order valence-corrected chi connectivity index (χ2v) is 7.09. The maximum atomic E-state index is 12.8. The lowest BCUT2D eigenvalue weighted by atomic mass is 10.2. The van der Waals surface area contributed by atoms with E-state index in [4.69, 9.17) is 4.74 Å². The van der Waals surface area contributed by atoms with Crippen LogP contribution in [-0.4, -0.2) is 39.1 Å². The highest BCUT2D eigenvalue weighted by Gasteiger charge is 2.30. The van der Waals surface area contributed by atoms with Crippen LogP contribution in [0.2, 0.25) is 0 Å². The van der Waals surface area contributed by atoms with Crippen molar-refractivity contribution < 1.29 is 27.5 Å². The molecule has 0 saturated heterocycles. The molecule has 0 fully saturated rings. The first-order valence-corrected chi connectivity index (χ1v) is 9.27. The third-order valence-electron chi connectivity index (χ3n) is 3.62. The van der Waals surface area contributed by atoms with E-state index in [1.165, 1.54) is 31.4 Å². The molecule has 0 aliphatic rings. The number of ether oxygens (including phenoxy) is 2. The Balaban J connectivity index is 2.39. The minimum atomic E-state index is -4.05. The van der Waals surface area contributed by atoms with Crippen molar-refractivity contribution in [2.24, 2.45) is 0 Å². The molecule has 0 spiro atoms. The molecule has 0 aliphatic carbocycles. The average Bonchev–Trinajstić information content (AvgIpc) is 2.89. The number of sulfonamides is 1. The van der Waals surface area contributed by atoms with Gasteiger partial charge in [-0.1, -0.05) is 0 Å². The van der Waals surface area contributed by atoms with Gasteiger partial charge in [0.15, 0.2) is 0 Å². The number of carbonyl (C=O) groups excluding carboxylic acids is 2. The molecule has 2 aromatic rings. The van der Waals surface area contributed by atoms with E-state index in [1.54, 1.807) is 20.8 Å². The number of aryl methyl sites for hydroxylation is 2. The summed E-state index contributed by atoms with van der Waals surface area (Å²) in [6.07, 6.45) is 0. The van der Waals surface area contributed by atoms with Crippen molar-refractivity contribution in [2.45, 2.75) is 25.7 Å². The summed E-state index contributed by atoms with van der Waals surface area (Å²) >= 11 is 0. The van der Waals surface area contributed by atoms with Gasteiger partial charge in [-0.2, -0.15) is 0 Å². The molecule has 8 nitrogen and oxygen atoms in total. The Hall–Kier alpha value is -2.81. The summed E-state index contributed by atoms with van der Waals surface area (Å²) in [4.78, 5) is 26.3. The van der Waals surface area contributed by atoms with Crippen LogP contribution < -0.4 is 4.72 Å². The number of esters is 2. The molecule has 26 heavy (non-hydrogen) atoms. The van der Waals surface area contributed by atoms with Crippen LogP contribution >= 0.6 is 0 Å². The van der Waals surface area contributed by atoms with Crippen molar-refractivity contribution in [3.63, 3.8) is 0 Å². The second-order valence-electron chi connectivity index (χ2n) is 5.47. The van der Waals surface area contributed by atoms with Crippen LogP contribution in [0.5, 0.6) is 0 Å². The van der Waals surface area contributed by atoms with Gasteiger partial charge in [0.25, 0.3) is 10.0 Å². The highest BCUT2D eigenvalue weighted by molar-refractivity contribution is 7.92. The van der Waals surface area contributed by atoms with Crippen molar-refractivity contribution in [3.05, 3.63) is 46.8 Å². The van der Waals surface area contributed by atoms with Crippen LogP contribution in [0.1, 0.15) is 39.0 Å². The van der Waals surface area contributed by atoms with Gasteiger partial charge in [-0.3, -0.25) is 4.72 Å². The van der Waals surface area contributed by atoms with Crippen molar-refractivity contribution in [1.82, 2.24) is 4.98 Å². The van der Waals surface area contributed by atoms with Gasteiger partial charge in [0.2, 0.25) is 0 Å². The predicted molar refractivity (Wildman–Crippen MR) is 94.8 cm³/mol. The van der Waals surface area contributed by atoms with Crippen molar-refractivity contribution in [2.75, 3.05) is 18.4 Å². The molecule has 2 rings (SSSR count). The summed E-state index contributed by atoms with van der Waals surface area (Å²) in [6, 6.07) is 5.74. The number of aromatic amines is 1. The lowest BCUT2D eigenvalue weighted by Gasteiger charge is -2.10. The number of benzene rings is 1. The lowest BCUT2D eigenvalue weighted by molar-refractivity contribution is 0.0520. The zero-order chi connectivity index (χ0) is 19.5. The van der Waals surface area contributed by atoms with E-state index in [9.17, 15) is 18.0 Å². The number of hydrogen-bond donors (Lipinski definition) is 2. The molecule has 1 heterocycles. The SMILES string of the molecule is CCOC(=O)c1c(C)[nH]c(C)c1S(=O)(=O)Nc1ccc(C(=O)OC)cc1. The molecule has 0 radical (unpaired) electrons. The van der Waals surface area contributed by atoms with Gasteiger partial charge in [-0.15, -0.1) is 0 Å². The molecular weight excluding hydrogens is 360 g/mol. The van der Waals surface area contributed by atoms with Gasteiger partial charge >= 0.3 is 11.9 Å². The molecule has 1 aromatic heterocycles. The number of methoxy groups -OCH3 is 1. The minimum Gasteiger partial charge on any atom is -0.465 e. The number of hydrogen-bond acceptors (Lipinski definition) is 6. The first kappa shape index (κ1) is 19.5. The summed E-state index contributed by atoms with van der Waals surface area (Å²) in [6.45, 7) is 4.93. The van der Waals surface area contributed by atoms with Crippen LogP contribution in [0.15, 0.2) is 29.2 Å². The standard InChI is InChI=1S/C17H20N2O6S/c1-5-25-17(21)14-10(2)18-11(3)15(14)26(22,23)19-13-8-6-12(7-9-13)16(20)24-4/h6-9,18-19H,5H2,1-4H3. The Morgan fingerprint density at radius 2 is 1.69 bits per heavy atom. The number of H-pyrrole nitrogens is 1. The summed E-state index contributed by atoms with van der Waals surface area (Å²) in [7, 11) is -2.80. The molecule has 0 saturated carbocycles. The maximum absolute atomic E-state index is 12.8. The van der Waals surface area contributed by atoms with E-state index >= 15 is 0 Å². The van der Waals surface area contributed by atoms with Crippen LogP contribution in [0, 0.1) is 13.8 Å². The average molecular weight is 380 g/mol. The third-order valence-corrected chi connectivity index (χ3v) is 5.18. The lowest BCUT2D eigenvalue weighted by Crippen LogP contribution is -2.18. The number of rotatable bonds is 6. The van der Waals surface area contributed by atoms with Crippen LogP contribution in [0.3, 0.4) is 0 Å². The Morgan fingerprint density at radius 3 is 2.23 bits per heavy atom. The van der Waals surface area contributed by atoms with E-state index in [-0.39, 0.29) is 28.3 Å². The van der Waals surface area contributed by atoms with E-state index in [1.807, 2.05) is 0 Å². The smallest absolute Gasteiger partial charge is 0.341 e. The van der Waals surface area contributed by atoms with Gasteiger partial charge in [-0.25, -0.2) is 18.0 Å². The van der Waals surface area contributed by atoms with E-state index in [0.717, 1.165) is 0 Å². The number of aromatic nitrogens is 1. The fourth-order valence-corrected chi connectivity index (χ4v) is 4.05. The Kier molecular flexibility index (Phi) is 5.71. The highest BCUT2D eigenvalue weighted by atomic mass is 32.2. The quantitative estimate of drug-likeness (QED) is 0.744. The van der Waals surface area contributed by atoms with E-state index in [2.05, 4.69) is 14.4 Å². The van der Waals surface area contributed by atoms with Gasteiger partial charge in [0.1, 0.15) is 10.5 Å². The minimum absolute atomic E-state index is 0.0250. The second kappa shape index (κ2) is 7.61. The Bertz CT molecular complexity index is 929. The Morgan fingerprint density at radius 1 is 1.08 bits per heavy atom. The molecule has 2 N–H and O–H groups in total. The number of carbonyl (C=O) groups is 2. The van der Waals surface area contributed by atoms with E-state index in [0.29, 0.717) is 11.4 Å². The fraction of sp³-hybridized carbons (Fsp3) is 0.294. The number of nitrogens with one attached hydrogen (secondary N) is 2. The Labute approximate surface area is 151 Å². The van der Waals surface area contributed by atoms with Crippen molar-refractivity contribution in [3.8, 4) is 0 Å². The first-order chi connectivity index (χ1) is 12.2. The largest absolute Gasteiger partial charge is 0.465 e. The molecule has 0 atom stereocenters. The van der Waals surface area contributed by atoms with Crippen molar-refractivity contribution in [1.29, 1.82) is 0 Å². The summed E-state index contributed by atoms with van der Waals surface area (Å²) < 4.78 is 37.6. The van der Waals surface area contributed by atoms with Crippen LogP contribution in [-0.2, 0) is 19.5 Å². The van der Waals surface area contributed by atoms with Gasteiger partial charge in [-0.05, 0) is 45.0 Å².